The van der Waals surface area contributed by atoms with Crippen LogP contribution in [0.3, 0.4) is 0 Å². The fourth-order valence-electron chi connectivity index (χ4n) is 1.91. The first-order chi connectivity index (χ1) is 12.3. The van der Waals surface area contributed by atoms with Crippen LogP contribution in [-0.4, -0.2) is 18.5 Å². The van der Waals surface area contributed by atoms with Crippen LogP contribution >= 0.6 is 0 Å². The molecule has 3 amide bonds. The molecule has 4 N–H and O–H groups in total. The van der Waals surface area contributed by atoms with Gasteiger partial charge in [-0.15, -0.1) is 0 Å². The number of primary amides is 1. The topological polar surface area (TPSA) is 84.2 Å². The van der Waals surface area contributed by atoms with Crippen molar-refractivity contribution >= 4 is 17.6 Å². The third-order valence-corrected chi connectivity index (χ3v) is 3.21. The van der Waals surface area contributed by atoms with Crippen LogP contribution < -0.4 is 16.4 Å². The van der Waals surface area contributed by atoms with Crippen LogP contribution in [0.25, 0.3) is 0 Å². The van der Waals surface area contributed by atoms with Crippen LogP contribution in [0.5, 0.6) is 0 Å². The number of alkyl halides is 3. The van der Waals surface area contributed by atoms with Crippen molar-refractivity contribution < 1.29 is 22.8 Å². The standard InChI is InChI=1S/C18H14F3N3O2/c19-18(20,21)14-7-9-15(10-8-14)24-17(26)23-11-1-2-12-3-5-13(6-4-12)16(22)25/h3-10H,11H2,(H2,22,25)(H2,23,24,26). The minimum atomic E-state index is -4.42. The number of urea groups is 1. The number of benzene rings is 2. The van der Waals surface area contributed by atoms with Crippen LogP contribution in [0.4, 0.5) is 23.7 Å². The fraction of sp³-hybridized carbons (Fsp3) is 0.111. The Bertz CT molecular complexity index is 848. The molecule has 0 unspecified atom stereocenters. The molecule has 5 nitrogen and oxygen atoms in total. The van der Waals surface area contributed by atoms with Gasteiger partial charge < -0.3 is 16.4 Å². The summed E-state index contributed by atoms with van der Waals surface area (Å²) in [5, 5.41) is 4.86. The summed E-state index contributed by atoms with van der Waals surface area (Å²) in [5.41, 5.74) is 5.56. The first-order valence-corrected chi connectivity index (χ1v) is 7.36. The van der Waals surface area contributed by atoms with Gasteiger partial charge >= 0.3 is 12.2 Å². The normalized spacial score (nSPS) is 10.4. The van der Waals surface area contributed by atoms with Gasteiger partial charge in [-0.3, -0.25) is 4.79 Å². The number of nitrogens with two attached hydrogens (primary N) is 1. The summed E-state index contributed by atoms with van der Waals surface area (Å²) in [6.45, 7) is 0.0318. The molecule has 0 aliphatic rings. The molecule has 2 aromatic rings. The van der Waals surface area contributed by atoms with E-state index in [9.17, 15) is 22.8 Å². The highest BCUT2D eigenvalue weighted by molar-refractivity contribution is 5.92. The zero-order valence-corrected chi connectivity index (χ0v) is 13.4. The Hall–Kier alpha value is -3.47. The zero-order valence-electron chi connectivity index (χ0n) is 13.4. The highest BCUT2D eigenvalue weighted by atomic mass is 19.4. The zero-order chi connectivity index (χ0) is 19.2. The van der Waals surface area contributed by atoms with Crippen molar-refractivity contribution in [3.8, 4) is 11.8 Å². The average Bonchev–Trinajstić information content (AvgIpc) is 2.59. The summed E-state index contributed by atoms with van der Waals surface area (Å²) in [7, 11) is 0. The minimum absolute atomic E-state index is 0.0318. The number of anilines is 1. The van der Waals surface area contributed by atoms with Crippen molar-refractivity contribution in [2.24, 2.45) is 5.73 Å². The Morgan fingerprint density at radius 3 is 2.15 bits per heavy atom. The molecule has 0 heterocycles. The molecule has 0 aromatic heterocycles. The van der Waals surface area contributed by atoms with E-state index in [2.05, 4.69) is 22.5 Å². The molecular weight excluding hydrogens is 347 g/mol. The second kappa shape index (κ2) is 8.07. The van der Waals surface area contributed by atoms with Crippen molar-refractivity contribution in [3.63, 3.8) is 0 Å². The molecule has 2 aromatic carbocycles. The Balaban J connectivity index is 1.83. The Labute approximate surface area is 147 Å². The predicted molar refractivity (Wildman–Crippen MR) is 90.3 cm³/mol. The highest BCUT2D eigenvalue weighted by Crippen LogP contribution is 2.29. The Morgan fingerprint density at radius 1 is 1.00 bits per heavy atom. The van der Waals surface area contributed by atoms with Crippen LogP contribution in [0, 0.1) is 11.8 Å². The maximum atomic E-state index is 12.5. The van der Waals surface area contributed by atoms with E-state index in [1.54, 1.807) is 12.1 Å². The lowest BCUT2D eigenvalue weighted by Gasteiger charge is -2.08. The van der Waals surface area contributed by atoms with E-state index >= 15 is 0 Å². The maximum absolute atomic E-state index is 12.5. The molecule has 26 heavy (non-hydrogen) atoms. The maximum Gasteiger partial charge on any atom is 0.416 e. The van der Waals surface area contributed by atoms with E-state index in [0.717, 1.165) is 24.3 Å². The van der Waals surface area contributed by atoms with E-state index < -0.39 is 23.7 Å². The Kier molecular flexibility index (Phi) is 5.86. The molecule has 0 radical (unpaired) electrons. The van der Waals surface area contributed by atoms with Crippen LogP contribution in [0.2, 0.25) is 0 Å². The number of hydrogen-bond acceptors (Lipinski definition) is 2. The van der Waals surface area contributed by atoms with Crippen molar-refractivity contribution in [1.29, 1.82) is 0 Å². The van der Waals surface area contributed by atoms with E-state index in [1.807, 2.05) is 0 Å². The van der Waals surface area contributed by atoms with Gasteiger partial charge in [-0.05, 0) is 48.5 Å². The van der Waals surface area contributed by atoms with Crippen LogP contribution in [0.1, 0.15) is 21.5 Å². The lowest BCUT2D eigenvalue weighted by molar-refractivity contribution is -0.137. The van der Waals surface area contributed by atoms with Crippen molar-refractivity contribution in [1.82, 2.24) is 5.32 Å². The molecule has 0 aliphatic carbocycles. The number of hydrogen-bond donors (Lipinski definition) is 3. The molecule has 0 bridgehead atoms. The highest BCUT2D eigenvalue weighted by Gasteiger charge is 2.29. The van der Waals surface area contributed by atoms with E-state index in [-0.39, 0.29) is 12.2 Å². The summed E-state index contributed by atoms with van der Waals surface area (Å²) in [5.74, 6) is 4.96. The van der Waals surface area contributed by atoms with Gasteiger partial charge in [0.2, 0.25) is 5.91 Å². The largest absolute Gasteiger partial charge is 0.416 e. The average molecular weight is 361 g/mol. The fourth-order valence-corrected chi connectivity index (χ4v) is 1.91. The van der Waals surface area contributed by atoms with Gasteiger partial charge in [-0.1, -0.05) is 11.8 Å². The van der Waals surface area contributed by atoms with Crippen molar-refractivity contribution in [2.75, 3.05) is 11.9 Å². The molecule has 8 heteroatoms. The monoisotopic (exact) mass is 361 g/mol. The van der Waals surface area contributed by atoms with Gasteiger partial charge in [-0.2, -0.15) is 13.2 Å². The molecule has 134 valence electrons. The molecule has 0 aliphatic heterocycles. The lowest BCUT2D eigenvalue weighted by atomic mass is 10.1. The molecule has 0 saturated carbocycles. The van der Waals surface area contributed by atoms with E-state index in [4.69, 9.17) is 5.73 Å². The summed E-state index contributed by atoms with van der Waals surface area (Å²) in [4.78, 5) is 22.6. The molecule has 0 fully saturated rings. The first-order valence-electron chi connectivity index (χ1n) is 7.36. The number of nitrogens with one attached hydrogen (secondary N) is 2. The molecule has 0 spiro atoms. The first kappa shape index (κ1) is 18.9. The second-order valence-corrected chi connectivity index (χ2v) is 5.13. The molecular formula is C18H14F3N3O2. The SMILES string of the molecule is NC(=O)c1ccc(C#CCNC(=O)Nc2ccc(C(F)(F)F)cc2)cc1. The third kappa shape index (κ3) is 5.56. The number of amides is 3. The quantitative estimate of drug-likeness (QED) is 0.735. The van der Waals surface area contributed by atoms with Gasteiger partial charge in [-0.25, -0.2) is 4.79 Å². The minimum Gasteiger partial charge on any atom is -0.366 e. The third-order valence-electron chi connectivity index (χ3n) is 3.21. The number of halogens is 3. The second-order valence-electron chi connectivity index (χ2n) is 5.13. The van der Waals surface area contributed by atoms with Gasteiger partial charge in [0.15, 0.2) is 0 Å². The summed E-state index contributed by atoms with van der Waals surface area (Å²) in [6, 6.07) is 9.81. The number of carbonyl (C=O) groups is 2. The molecule has 0 saturated heterocycles. The van der Waals surface area contributed by atoms with Gasteiger partial charge in [0.1, 0.15) is 0 Å². The lowest BCUT2D eigenvalue weighted by Crippen LogP contribution is -2.28. The van der Waals surface area contributed by atoms with Crippen LogP contribution in [0.15, 0.2) is 48.5 Å². The number of carbonyl (C=O) groups excluding carboxylic acids is 2. The van der Waals surface area contributed by atoms with Crippen molar-refractivity contribution in [2.45, 2.75) is 6.18 Å². The smallest absolute Gasteiger partial charge is 0.366 e. The molecule has 2 rings (SSSR count). The van der Waals surface area contributed by atoms with Crippen LogP contribution in [-0.2, 0) is 6.18 Å². The van der Waals surface area contributed by atoms with Gasteiger partial charge in [0.25, 0.3) is 0 Å². The summed E-state index contributed by atoms with van der Waals surface area (Å²) in [6.07, 6.45) is -4.42. The predicted octanol–water partition coefficient (Wildman–Crippen LogP) is 2.98. The van der Waals surface area contributed by atoms with E-state index in [1.165, 1.54) is 12.1 Å². The van der Waals surface area contributed by atoms with E-state index in [0.29, 0.717) is 11.1 Å². The summed E-state index contributed by atoms with van der Waals surface area (Å²) < 4.78 is 37.4. The Morgan fingerprint density at radius 2 is 1.62 bits per heavy atom. The van der Waals surface area contributed by atoms with Crippen molar-refractivity contribution in [3.05, 3.63) is 65.2 Å². The summed E-state index contributed by atoms with van der Waals surface area (Å²) >= 11 is 0. The number of rotatable bonds is 3. The van der Waals surface area contributed by atoms with Gasteiger partial charge in [0, 0.05) is 16.8 Å². The van der Waals surface area contributed by atoms with Gasteiger partial charge in [0.05, 0.1) is 12.1 Å². The molecule has 0 atom stereocenters.